The topological polar surface area (TPSA) is 60.7 Å². The predicted octanol–water partition coefficient (Wildman–Crippen LogP) is 5.23. The number of ether oxygens (including phenoxy) is 1. The van der Waals surface area contributed by atoms with Gasteiger partial charge in [-0.2, -0.15) is 0 Å². The Morgan fingerprint density at radius 1 is 1.21 bits per heavy atom. The van der Waals surface area contributed by atoms with E-state index in [1.165, 1.54) is 16.9 Å². The highest BCUT2D eigenvalue weighted by Gasteiger charge is 2.33. The number of thiazole rings is 1. The van der Waals surface area contributed by atoms with Crippen LogP contribution in [0, 0.1) is 0 Å². The Hall–Kier alpha value is -2.67. The van der Waals surface area contributed by atoms with Gasteiger partial charge < -0.3 is 4.74 Å². The molecule has 2 aromatic carbocycles. The van der Waals surface area contributed by atoms with E-state index in [2.05, 4.69) is 18.8 Å². The average molecular weight is 515 g/mol. The molecule has 1 atom stereocenters. The van der Waals surface area contributed by atoms with E-state index < -0.39 is 12.0 Å². The van der Waals surface area contributed by atoms with Crippen molar-refractivity contribution in [2.24, 2.45) is 4.99 Å². The van der Waals surface area contributed by atoms with Crippen LogP contribution in [0.5, 0.6) is 0 Å². The number of nitrogens with zero attached hydrogens (tertiary/aromatic N) is 2. The van der Waals surface area contributed by atoms with Crippen LogP contribution in [0.15, 0.2) is 63.5 Å². The van der Waals surface area contributed by atoms with E-state index in [-0.39, 0.29) is 12.2 Å². The molecule has 0 radical (unpaired) electrons. The lowest BCUT2D eigenvalue weighted by Gasteiger charge is -2.25. The van der Waals surface area contributed by atoms with Crippen molar-refractivity contribution in [3.05, 3.63) is 100 Å². The molecular formula is C26H24Cl2N2O3S. The van der Waals surface area contributed by atoms with E-state index in [0.29, 0.717) is 42.1 Å². The van der Waals surface area contributed by atoms with Crippen LogP contribution in [-0.4, -0.2) is 17.1 Å². The Kier molecular flexibility index (Phi) is 7.12. The van der Waals surface area contributed by atoms with Crippen LogP contribution in [0.2, 0.25) is 10.0 Å². The quantitative estimate of drug-likeness (QED) is 0.438. The Morgan fingerprint density at radius 3 is 2.56 bits per heavy atom. The Labute approximate surface area is 211 Å². The maximum Gasteiger partial charge on any atom is 0.338 e. The molecule has 0 saturated carbocycles. The van der Waals surface area contributed by atoms with Gasteiger partial charge in [0.05, 0.1) is 38.5 Å². The first-order valence-corrected chi connectivity index (χ1v) is 12.5. The number of aromatic nitrogens is 1. The summed E-state index contributed by atoms with van der Waals surface area (Å²) >= 11 is 13.8. The molecule has 2 heterocycles. The third-order valence-electron chi connectivity index (χ3n) is 5.70. The third kappa shape index (κ3) is 4.50. The summed E-state index contributed by atoms with van der Waals surface area (Å²) in [6.45, 7) is 7.99. The summed E-state index contributed by atoms with van der Waals surface area (Å²) < 4.78 is 7.36. The van der Waals surface area contributed by atoms with Crippen molar-refractivity contribution in [2.45, 2.75) is 39.7 Å². The van der Waals surface area contributed by atoms with Crippen LogP contribution in [0.3, 0.4) is 0 Å². The van der Waals surface area contributed by atoms with Gasteiger partial charge in [0.15, 0.2) is 4.80 Å². The highest BCUT2D eigenvalue weighted by atomic mass is 35.5. The molecule has 0 N–H and O–H groups in total. The first-order valence-electron chi connectivity index (χ1n) is 11.0. The summed E-state index contributed by atoms with van der Waals surface area (Å²) in [5.41, 5.74) is 3.26. The second-order valence-corrected chi connectivity index (χ2v) is 10.1. The zero-order chi connectivity index (χ0) is 24.6. The van der Waals surface area contributed by atoms with E-state index >= 15 is 0 Å². The largest absolute Gasteiger partial charge is 0.463 e. The standard InChI is InChI=1S/C26H24Cl2N2O3S/c1-5-33-25(32)21-15(4)29-26-30(23(21)17-11-9-16(10-12-17)14(2)3)24(31)20(34-26)13-18-7-6-8-19(27)22(18)28/h6-14,23H,5H2,1-4H3/b20-13-/t23-/m1/s1. The van der Waals surface area contributed by atoms with Crippen molar-refractivity contribution in [3.8, 4) is 0 Å². The molecule has 3 aromatic rings. The zero-order valence-corrected chi connectivity index (χ0v) is 21.6. The van der Waals surface area contributed by atoms with Crippen molar-refractivity contribution in [3.63, 3.8) is 0 Å². The highest BCUT2D eigenvalue weighted by molar-refractivity contribution is 7.07. The number of hydrogen-bond donors (Lipinski definition) is 0. The molecule has 4 rings (SSSR count). The molecular weight excluding hydrogens is 491 g/mol. The molecule has 0 aliphatic carbocycles. The summed E-state index contributed by atoms with van der Waals surface area (Å²) in [5.74, 6) is -0.117. The van der Waals surface area contributed by atoms with Gasteiger partial charge in [0.25, 0.3) is 5.56 Å². The minimum atomic E-state index is -0.645. The summed E-state index contributed by atoms with van der Waals surface area (Å²) in [6.07, 6.45) is 1.71. The van der Waals surface area contributed by atoms with Crippen molar-refractivity contribution in [1.29, 1.82) is 0 Å². The van der Waals surface area contributed by atoms with Gasteiger partial charge in [-0.15, -0.1) is 0 Å². The maximum absolute atomic E-state index is 13.6. The molecule has 1 aliphatic heterocycles. The molecule has 0 spiro atoms. The second kappa shape index (κ2) is 9.90. The summed E-state index contributed by atoms with van der Waals surface area (Å²) in [4.78, 5) is 31.7. The van der Waals surface area contributed by atoms with Crippen LogP contribution < -0.4 is 14.9 Å². The van der Waals surface area contributed by atoms with Crippen molar-refractivity contribution < 1.29 is 9.53 Å². The molecule has 0 fully saturated rings. The molecule has 0 bridgehead atoms. The number of allylic oxidation sites excluding steroid dienone is 1. The summed E-state index contributed by atoms with van der Waals surface area (Å²) in [6, 6.07) is 12.6. The third-order valence-corrected chi connectivity index (χ3v) is 7.52. The normalized spacial score (nSPS) is 16.0. The summed E-state index contributed by atoms with van der Waals surface area (Å²) in [5, 5.41) is 0.783. The number of esters is 1. The van der Waals surface area contributed by atoms with Gasteiger partial charge >= 0.3 is 5.97 Å². The number of rotatable bonds is 5. The Morgan fingerprint density at radius 2 is 1.91 bits per heavy atom. The van der Waals surface area contributed by atoms with E-state index in [1.807, 2.05) is 24.3 Å². The van der Waals surface area contributed by atoms with Gasteiger partial charge in [0, 0.05) is 0 Å². The van der Waals surface area contributed by atoms with Crippen molar-refractivity contribution in [2.75, 3.05) is 6.61 Å². The van der Waals surface area contributed by atoms with E-state index in [1.54, 1.807) is 42.7 Å². The van der Waals surface area contributed by atoms with Gasteiger partial charge in [-0.25, -0.2) is 9.79 Å². The molecule has 34 heavy (non-hydrogen) atoms. The van der Waals surface area contributed by atoms with Gasteiger partial charge in [0.2, 0.25) is 0 Å². The first-order chi connectivity index (χ1) is 16.2. The van der Waals surface area contributed by atoms with Crippen LogP contribution in [0.1, 0.15) is 56.3 Å². The lowest BCUT2D eigenvalue weighted by atomic mass is 9.93. The monoisotopic (exact) mass is 514 g/mol. The predicted molar refractivity (Wildman–Crippen MR) is 137 cm³/mol. The molecule has 0 amide bonds. The highest BCUT2D eigenvalue weighted by Crippen LogP contribution is 2.32. The van der Waals surface area contributed by atoms with Gasteiger partial charge in [-0.05, 0) is 48.6 Å². The molecule has 0 unspecified atom stereocenters. The van der Waals surface area contributed by atoms with Crippen LogP contribution >= 0.6 is 34.5 Å². The van der Waals surface area contributed by atoms with Crippen LogP contribution in [-0.2, 0) is 9.53 Å². The van der Waals surface area contributed by atoms with Crippen LogP contribution in [0.4, 0.5) is 0 Å². The lowest BCUT2D eigenvalue weighted by Crippen LogP contribution is -2.39. The summed E-state index contributed by atoms with van der Waals surface area (Å²) in [7, 11) is 0. The fourth-order valence-electron chi connectivity index (χ4n) is 3.94. The minimum Gasteiger partial charge on any atom is -0.463 e. The number of carbonyl (C=O) groups is 1. The number of benzene rings is 2. The van der Waals surface area contributed by atoms with Crippen molar-refractivity contribution >= 4 is 46.6 Å². The molecule has 8 heteroatoms. The SMILES string of the molecule is CCOC(=O)C1=C(C)N=c2s/c(=C\c3cccc(Cl)c3Cl)c(=O)n2[C@@H]1c1ccc(C(C)C)cc1. The van der Waals surface area contributed by atoms with Gasteiger partial charge in [-0.3, -0.25) is 9.36 Å². The minimum absolute atomic E-state index is 0.228. The zero-order valence-electron chi connectivity index (χ0n) is 19.3. The average Bonchev–Trinajstić information content (AvgIpc) is 3.10. The van der Waals surface area contributed by atoms with Gasteiger partial charge in [0.1, 0.15) is 0 Å². The number of carbonyl (C=O) groups excluding carboxylic acids is 1. The lowest BCUT2D eigenvalue weighted by molar-refractivity contribution is -0.139. The van der Waals surface area contributed by atoms with E-state index in [9.17, 15) is 9.59 Å². The molecule has 0 saturated heterocycles. The number of fused-ring (bicyclic) bond motifs is 1. The maximum atomic E-state index is 13.6. The molecule has 176 valence electrons. The van der Waals surface area contributed by atoms with E-state index in [0.717, 1.165) is 5.56 Å². The van der Waals surface area contributed by atoms with Crippen LogP contribution in [0.25, 0.3) is 6.08 Å². The Balaban J connectivity index is 1.95. The van der Waals surface area contributed by atoms with E-state index in [4.69, 9.17) is 27.9 Å². The number of hydrogen-bond acceptors (Lipinski definition) is 5. The molecule has 1 aromatic heterocycles. The van der Waals surface area contributed by atoms with Gasteiger partial charge in [-0.1, -0.05) is 84.8 Å². The first kappa shape index (κ1) is 24.5. The number of halogens is 2. The fraction of sp³-hybridized carbons (Fsp3) is 0.269. The molecule has 1 aliphatic rings. The van der Waals surface area contributed by atoms with Crippen molar-refractivity contribution in [1.82, 2.24) is 4.57 Å². The Bertz CT molecular complexity index is 1470. The molecule has 5 nitrogen and oxygen atoms in total. The second-order valence-electron chi connectivity index (χ2n) is 8.27. The fourth-order valence-corrected chi connectivity index (χ4v) is 5.34. The smallest absolute Gasteiger partial charge is 0.338 e.